The van der Waals surface area contributed by atoms with Crippen LogP contribution < -0.4 is 10.1 Å². The van der Waals surface area contributed by atoms with Crippen LogP contribution in [0, 0.1) is 22.6 Å². The molecule has 0 amide bonds. The Bertz CT molecular complexity index is 1750. The fourth-order valence-electron chi connectivity index (χ4n) is 4.80. The first-order chi connectivity index (χ1) is 18.6. The summed E-state index contributed by atoms with van der Waals surface area (Å²) in [5.74, 6) is 1.29. The van der Waals surface area contributed by atoms with Gasteiger partial charge in [0.25, 0.3) is 0 Å². The first kappa shape index (κ1) is 23.1. The summed E-state index contributed by atoms with van der Waals surface area (Å²) in [6, 6.07) is 15.6. The second kappa shape index (κ2) is 9.29. The van der Waals surface area contributed by atoms with E-state index in [2.05, 4.69) is 27.9 Å². The highest BCUT2D eigenvalue weighted by Gasteiger charge is 2.31. The van der Waals surface area contributed by atoms with Crippen LogP contribution in [0.2, 0.25) is 0 Å². The molecule has 186 valence electrons. The molecule has 0 unspecified atom stereocenters. The number of hydrogen-bond donors (Lipinski definition) is 2. The number of fused-ring (bicyclic) bond motifs is 2. The van der Waals surface area contributed by atoms with E-state index in [4.69, 9.17) is 15.1 Å². The molecule has 1 aliphatic rings. The van der Waals surface area contributed by atoms with E-state index in [1.165, 1.54) is 6.07 Å². The zero-order chi connectivity index (χ0) is 26.2. The molecule has 9 nitrogen and oxygen atoms in total. The molecule has 0 saturated heterocycles. The van der Waals surface area contributed by atoms with Crippen molar-refractivity contribution in [2.75, 3.05) is 11.9 Å². The van der Waals surface area contributed by atoms with Gasteiger partial charge in [-0.25, -0.2) is 14.4 Å². The number of hydrogen-bond acceptors (Lipinski definition) is 7. The van der Waals surface area contributed by atoms with Crippen molar-refractivity contribution >= 4 is 28.9 Å². The molecule has 2 aromatic carbocycles. The Morgan fingerprint density at radius 1 is 1.26 bits per heavy atom. The summed E-state index contributed by atoms with van der Waals surface area (Å²) >= 11 is 0. The SMILES string of the molecule is C=C(Nc1c(C=N)nc(-c2cccnc2)n1[C@@H]1CCOc2c(F)cccc21)n1cnc2ccc(C#N)cc21. The van der Waals surface area contributed by atoms with Crippen LogP contribution in [0.25, 0.3) is 28.2 Å². The highest BCUT2D eigenvalue weighted by molar-refractivity contribution is 5.88. The van der Waals surface area contributed by atoms with Gasteiger partial charge < -0.3 is 20.0 Å². The minimum absolute atomic E-state index is 0.209. The summed E-state index contributed by atoms with van der Waals surface area (Å²) in [5, 5.41) is 20.8. The van der Waals surface area contributed by atoms with E-state index in [1.54, 1.807) is 47.6 Å². The van der Waals surface area contributed by atoms with Crippen LogP contribution in [-0.4, -0.2) is 36.9 Å². The van der Waals surface area contributed by atoms with Gasteiger partial charge in [0.1, 0.15) is 29.5 Å². The largest absolute Gasteiger partial charge is 0.490 e. The van der Waals surface area contributed by atoms with Gasteiger partial charge in [-0.05, 0) is 36.4 Å². The van der Waals surface area contributed by atoms with Crippen LogP contribution in [0.5, 0.6) is 5.75 Å². The predicted molar refractivity (Wildman–Crippen MR) is 141 cm³/mol. The number of para-hydroxylation sites is 1. The van der Waals surface area contributed by atoms with Gasteiger partial charge in [-0.2, -0.15) is 5.26 Å². The Balaban J connectivity index is 1.52. The second-order valence-corrected chi connectivity index (χ2v) is 8.74. The van der Waals surface area contributed by atoms with Gasteiger partial charge in [0, 0.05) is 36.2 Å². The first-order valence-corrected chi connectivity index (χ1v) is 11.9. The fourth-order valence-corrected chi connectivity index (χ4v) is 4.80. The van der Waals surface area contributed by atoms with Gasteiger partial charge in [0.15, 0.2) is 11.6 Å². The molecule has 2 N–H and O–H groups in total. The third kappa shape index (κ3) is 3.77. The van der Waals surface area contributed by atoms with Crippen molar-refractivity contribution in [2.24, 2.45) is 0 Å². The zero-order valence-corrected chi connectivity index (χ0v) is 20.1. The quantitative estimate of drug-likeness (QED) is 0.306. The van der Waals surface area contributed by atoms with Crippen molar-refractivity contribution in [3.05, 3.63) is 96.5 Å². The Hall–Kier alpha value is -5.30. The van der Waals surface area contributed by atoms with Gasteiger partial charge >= 0.3 is 0 Å². The lowest BCUT2D eigenvalue weighted by atomic mass is 9.99. The van der Waals surface area contributed by atoms with Crippen LogP contribution in [0.1, 0.15) is 29.3 Å². The van der Waals surface area contributed by atoms with Crippen LogP contribution in [0.3, 0.4) is 0 Å². The average molecular weight is 505 g/mol. The molecule has 0 saturated carbocycles. The van der Waals surface area contributed by atoms with Crippen molar-refractivity contribution < 1.29 is 9.13 Å². The van der Waals surface area contributed by atoms with Gasteiger partial charge in [-0.15, -0.1) is 0 Å². The van der Waals surface area contributed by atoms with E-state index in [0.717, 1.165) is 11.8 Å². The molecule has 1 aliphatic heterocycles. The Morgan fingerprint density at radius 3 is 2.95 bits per heavy atom. The van der Waals surface area contributed by atoms with Gasteiger partial charge in [0.05, 0.1) is 35.3 Å². The van der Waals surface area contributed by atoms with Crippen LogP contribution in [-0.2, 0) is 0 Å². The Labute approximate surface area is 217 Å². The Morgan fingerprint density at radius 2 is 2.16 bits per heavy atom. The van der Waals surface area contributed by atoms with E-state index < -0.39 is 5.82 Å². The maximum Gasteiger partial charge on any atom is 0.165 e. The summed E-state index contributed by atoms with van der Waals surface area (Å²) < 4.78 is 24.1. The Kier molecular flexibility index (Phi) is 5.65. The summed E-state index contributed by atoms with van der Waals surface area (Å²) in [7, 11) is 0. The lowest BCUT2D eigenvalue weighted by Crippen LogP contribution is -2.23. The van der Waals surface area contributed by atoms with Crippen LogP contribution in [0.15, 0.2) is 73.8 Å². The summed E-state index contributed by atoms with van der Waals surface area (Å²) in [5.41, 5.74) is 3.70. The molecule has 5 aromatic rings. The van der Waals surface area contributed by atoms with E-state index in [0.29, 0.717) is 58.3 Å². The lowest BCUT2D eigenvalue weighted by molar-refractivity contribution is 0.245. The van der Waals surface area contributed by atoms with Gasteiger partial charge in [0.2, 0.25) is 0 Å². The topological polar surface area (TPSA) is 117 Å². The van der Waals surface area contributed by atoms with Gasteiger partial charge in [-0.1, -0.05) is 18.7 Å². The average Bonchev–Trinajstić information content (AvgIpc) is 3.54. The predicted octanol–water partition coefficient (Wildman–Crippen LogP) is 5.22. The monoisotopic (exact) mass is 504 g/mol. The number of nitrogens with one attached hydrogen (secondary N) is 2. The van der Waals surface area contributed by atoms with Crippen molar-refractivity contribution in [2.45, 2.75) is 12.5 Å². The molecule has 1 atom stereocenters. The molecular formula is C28H21FN8O. The second-order valence-electron chi connectivity index (χ2n) is 8.74. The number of halogens is 1. The molecule has 0 bridgehead atoms. The molecule has 4 heterocycles. The number of anilines is 1. The van der Waals surface area contributed by atoms with Crippen LogP contribution >= 0.6 is 0 Å². The molecule has 0 spiro atoms. The molecule has 0 fully saturated rings. The normalized spacial score (nSPS) is 14.4. The smallest absolute Gasteiger partial charge is 0.165 e. The highest BCUT2D eigenvalue weighted by atomic mass is 19.1. The van der Waals surface area contributed by atoms with Crippen molar-refractivity contribution in [3.63, 3.8) is 0 Å². The maximum absolute atomic E-state index is 14.7. The molecule has 0 aliphatic carbocycles. The lowest BCUT2D eigenvalue weighted by Gasteiger charge is -2.30. The van der Waals surface area contributed by atoms with E-state index in [9.17, 15) is 9.65 Å². The summed E-state index contributed by atoms with van der Waals surface area (Å²) in [6.07, 6.45) is 6.71. The number of pyridine rings is 1. The van der Waals surface area contributed by atoms with Crippen molar-refractivity contribution in [1.29, 1.82) is 10.7 Å². The highest BCUT2D eigenvalue weighted by Crippen LogP contribution is 2.41. The number of benzene rings is 2. The molecule has 6 rings (SSSR count). The number of nitriles is 1. The minimum Gasteiger partial charge on any atom is -0.490 e. The summed E-state index contributed by atoms with van der Waals surface area (Å²) in [4.78, 5) is 13.4. The van der Waals surface area contributed by atoms with Gasteiger partial charge in [-0.3, -0.25) is 9.55 Å². The third-order valence-corrected chi connectivity index (χ3v) is 6.53. The summed E-state index contributed by atoms with van der Waals surface area (Å²) in [6.45, 7) is 4.53. The minimum atomic E-state index is -0.431. The fraction of sp³-hybridized carbons (Fsp3) is 0.107. The van der Waals surface area contributed by atoms with Crippen molar-refractivity contribution in [1.82, 2.24) is 24.1 Å². The number of aromatic nitrogens is 5. The number of rotatable bonds is 6. The molecule has 0 radical (unpaired) electrons. The van der Waals surface area contributed by atoms with E-state index in [-0.39, 0.29) is 11.8 Å². The first-order valence-electron chi connectivity index (χ1n) is 11.9. The molecule has 10 heteroatoms. The van der Waals surface area contributed by atoms with E-state index >= 15 is 0 Å². The zero-order valence-electron chi connectivity index (χ0n) is 20.1. The molecular weight excluding hydrogens is 483 g/mol. The third-order valence-electron chi connectivity index (χ3n) is 6.53. The standard InChI is InChI=1S/C28H21FN8O/c1-17(36-16-33-22-8-7-18(13-30)12-25(22)36)34-28-23(14-31)35-27(19-4-3-10-32-15-19)37(28)24-9-11-38-26-20(24)5-2-6-21(26)29/h2-8,10,12,14-16,24,31,34H,1,9,11H2/t24-/m1/s1. The molecule has 38 heavy (non-hydrogen) atoms. The van der Waals surface area contributed by atoms with Crippen LogP contribution in [0.4, 0.5) is 10.2 Å². The maximum atomic E-state index is 14.7. The number of nitrogens with zero attached hydrogens (tertiary/aromatic N) is 6. The number of imidazole rings is 2. The van der Waals surface area contributed by atoms with Crippen molar-refractivity contribution in [3.8, 4) is 23.2 Å². The number of ether oxygens (including phenoxy) is 1. The molecule has 3 aromatic heterocycles. The van der Waals surface area contributed by atoms with E-state index in [1.807, 2.05) is 22.8 Å².